The second-order valence-electron chi connectivity index (χ2n) is 3.67. The van der Waals surface area contributed by atoms with Gasteiger partial charge in [0, 0.05) is 19.6 Å². The minimum absolute atomic E-state index is 0.308. The van der Waals surface area contributed by atoms with Crippen LogP contribution in [0.1, 0.15) is 13.3 Å². The van der Waals surface area contributed by atoms with Crippen molar-refractivity contribution in [2.75, 3.05) is 26.2 Å². The summed E-state index contributed by atoms with van der Waals surface area (Å²) in [4.78, 5) is 24.1. The van der Waals surface area contributed by atoms with Crippen molar-refractivity contribution in [3.05, 3.63) is 0 Å². The van der Waals surface area contributed by atoms with Gasteiger partial charge in [-0.2, -0.15) is 0 Å². The molecule has 0 bridgehead atoms. The molecule has 15 heavy (non-hydrogen) atoms. The van der Waals surface area contributed by atoms with Crippen LogP contribution >= 0.6 is 0 Å². The van der Waals surface area contributed by atoms with Crippen molar-refractivity contribution >= 4 is 11.9 Å². The van der Waals surface area contributed by atoms with Gasteiger partial charge < -0.3 is 11.1 Å². The number of urea groups is 1. The van der Waals surface area contributed by atoms with E-state index in [9.17, 15) is 9.59 Å². The summed E-state index contributed by atoms with van der Waals surface area (Å²) < 4.78 is 0. The average molecular weight is 214 g/mol. The van der Waals surface area contributed by atoms with Gasteiger partial charge in [-0.05, 0) is 19.9 Å². The fraction of sp³-hybridized carbons (Fsp3) is 0.778. The molecule has 0 aliphatic carbocycles. The normalized spacial score (nSPS) is 20.3. The Balaban J connectivity index is 2.46. The second-order valence-corrected chi connectivity index (χ2v) is 3.67. The summed E-state index contributed by atoms with van der Waals surface area (Å²) in [5, 5.41) is 5.34. The summed E-state index contributed by atoms with van der Waals surface area (Å²) >= 11 is 0. The predicted octanol–water partition coefficient (Wildman–Crippen LogP) is -1.13. The zero-order valence-corrected chi connectivity index (χ0v) is 8.95. The molecule has 0 aromatic carbocycles. The third kappa shape index (κ3) is 3.85. The monoisotopic (exact) mass is 214 g/mol. The molecule has 0 aromatic heterocycles. The molecule has 1 aliphatic heterocycles. The molecule has 4 N–H and O–H groups in total. The molecule has 1 unspecified atom stereocenters. The van der Waals surface area contributed by atoms with Crippen LogP contribution in [-0.2, 0) is 4.79 Å². The van der Waals surface area contributed by atoms with Gasteiger partial charge in [-0.15, -0.1) is 0 Å². The third-order valence-electron chi connectivity index (χ3n) is 2.55. The van der Waals surface area contributed by atoms with Crippen LogP contribution in [0.3, 0.4) is 0 Å². The summed E-state index contributed by atoms with van der Waals surface area (Å²) in [6.07, 6.45) is 1.01. The number of hydrogen-bond donors (Lipinski definition) is 3. The van der Waals surface area contributed by atoms with Gasteiger partial charge in [-0.25, -0.2) is 4.79 Å². The molecule has 1 aliphatic rings. The first-order valence-electron chi connectivity index (χ1n) is 5.16. The third-order valence-corrected chi connectivity index (χ3v) is 2.55. The standard InChI is InChI=1S/C9H18N4O2/c1-7(8(14)12-9(10)15)13-5-2-3-11-4-6-13/h7,11H,2-6H2,1H3,(H3,10,12,14,15). The molecule has 1 fully saturated rings. The molecule has 0 spiro atoms. The van der Waals surface area contributed by atoms with E-state index in [-0.39, 0.29) is 11.9 Å². The topological polar surface area (TPSA) is 87.5 Å². The first-order valence-corrected chi connectivity index (χ1v) is 5.16. The first-order chi connectivity index (χ1) is 7.11. The van der Waals surface area contributed by atoms with Crippen molar-refractivity contribution in [3.63, 3.8) is 0 Å². The number of nitrogens with one attached hydrogen (secondary N) is 2. The van der Waals surface area contributed by atoms with E-state index in [0.29, 0.717) is 0 Å². The minimum Gasteiger partial charge on any atom is -0.351 e. The Morgan fingerprint density at radius 3 is 2.80 bits per heavy atom. The Kier molecular flexibility index (Phi) is 4.51. The van der Waals surface area contributed by atoms with Gasteiger partial charge in [-0.3, -0.25) is 15.0 Å². The van der Waals surface area contributed by atoms with Gasteiger partial charge in [-0.1, -0.05) is 0 Å². The van der Waals surface area contributed by atoms with E-state index >= 15 is 0 Å². The van der Waals surface area contributed by atoms with Gasteiger partial charge >= 0.3 is 6.03 Å². The van der Waals surface area contributed by atoms with Crippen LogP contribution < -0.4 is 16.4 Å². The number of carbonyl (C=O) groups excluding carboxylic acids is 2. The molecule has 1 rings (SSSR count). The number of nitrogens with zero attached hydrogens (tertiary/aromatic N) is 1. The first kappa shape index (κ1) is 11.9. The number of nitrogens with two attached hydrogens (primary N) is 1. The van der Waals surface area contributed by atoms with Gasteiger partial charge in [0.1, 0.15) is 0 Å². The van der Waals surface area contributed by atoms with Crippen molar-refractivity contribution in [1.82, 2.24) is 15.5 Å². The van der Waals surface area contributed by atoms with Crippen LogP contribution in [0.5, 0.6) is 0 Å². The number of primary amides is 1. The smallest absolute Gasteiger partial charge is 0.318 e. The highest BCUT2D eigenvalue weighted by molar-refractivity contribution is 5.96. The maximum atomic E-state index is 11.5. The lowest BCUT2D eigenvalue weighted by Crippen LogP contribution is -2.49. The van der Waals surface area contributed by atoms with E-state index in [2.05, 4.69) is 10.6 Å². The van der Waals surface area contributed by atoms with Gasteiger partial charge in [0.2, 0.25) is 5.91 Å². The molecule has 3 amide bonds. The van der Waals surface area contributed by atoms with Gasteiger partial charge in [0.05, 0.1) is 6.04 Å². The molecule has 0 aromatic rings. The largest absolute Gasteiger partial charge is 0.351 e. The van der Waals surface area contributed by atoms with E-state index in [1.165, 1.54) is 0 Å². The van der Waals surface area contributed by atoms with Crippen molar-refractivity contribution in [2.24, 2.45) is 5.73 Å². The maximum absolute atomic E-state index is 11.5. The van der Waals surface area contributed by atoms with Crippen LogP contribution in [-0.4, -0.2) is 49.1 Å². The Morgan fingerprint density at radius 2 is 2.13 bits per heavy atom. The number of rotatable bonds is 2. The highest BCUT2D eigenvalue weighted by atomic mass is 16.2. The molecular formula is C9H18N4O2. The Labute approximate surface area is 89.2 Å². The van der Waals surface area contributed by atoms with Crippen molar-refractivity contribution in [2.45, 2.75) is 19.4 Å². The van der Waals surface area contributed by atoms with Crippen LogP contribution in [0.25, 0.3) is 0 Å². The molecule has 0 saturated carbocycles. The van der Waals surface area contributed by atoms with E-state index in [4.69, 9.17) is 5.73 Å². The molecule has 6 heteroatoms. The number of imide groups is 1. The summed E-state index contributed by atoms with van der Waals surface area (Å²) in [6.45, 7) is 5.30. The zero-order chi connectivity index (χ0) is 11.3. The van der Waals surface area contributed by atoms with Crippen molar-refractivity contribution < 1.29 is 9.59 Å². The lowest BCUT2D eigenvalue weighted by molar-refractivity contribution is -0.124. The van der Waals surface area contributed by atoms with Crippen molar-refractivity contribution in [1.29, 1.82) is 0 Å². The van der Waals surface area contributed by atoms with Gasteiger partial charge in [0.25, 0.3) is 0 Å². The van der Waals surface area contributed by atoms with E-state index in [1.54, 1.807) is 6.92 Å². The summed E-state index contributed by atoms with van der Waals surface area (Å²) in [7, 11) is 0. The fourth-order valence-electron chi connectivity index (χ4n) is 1.65. The summed E-state index contributed by atoms with van der Waals surface area (Å²) in [5.74, 6) is -0.329. The number of hydrogen-bond acceptors (Lipinski definition) is 4. The predicted molar refractivity (Wildman–Crippen MR) is 56.2 cm³/mol. The Morgan fingerprint density at radius 1 is 1.40 bits per heavy atom. The molecule has 86 valence electrons. The van der Waals surface area contributed by atoms with E-state index in [1.807, 2.05) is 4.90 Å². The van der Waals surface area contributed by atoms with Gasteiger partial charge in [0.15, 0.2) is 0 Å². The van der Waals surface area contributed by atoms with Crippen LogP contribution in [0, 0.1) is 0 Å². The summed E-state index contributed by atoms with van der Waals surface area (Å²) in [6, 6.07) is -1.10. The van der Waals surface area contributed by atoms with Crippen LogP contribution in [0.4, 0.5) is 4.79 Å². The van der Waals surface area contributed by atoms with Crippen molar-refractivity contribution in [3.8, 4) is 0 Å². The molecule has 0 radical (unpaired) electrons. The lowest BCUT2D eigenvalue weighted by atomic mass is 10.2. The SMILES string of the molecule is CC(C(=O)NC(N)=O)N1CCCNCC1. The highest BCUT2D eigenvalue weighted by Crippen LogP contribution is 2.02. The highest BCUT2D eigenvalue weighted by Gasteiger charge is 2.22. The number of amides is 3. The van der Waals surface area contributed by atoms with E-state index < -0.39 is 6.03 Å². The lowest BCUT2D eigenvalue weighted by Gasteiger charge is -2.25. The Hall–Kier alpha value is -1.14. The molecule has 1 saturated heterocycles. The quantitative estimate of drug-likeness (QED) is 0.542. The maximum Gasteiger partial charge on any atom is 0.318 e. The fourth-order valence-corrected chi connectivity index (χ4v) is 1.65. The molecule has 1 heterocycles. The molecular weight excluding hydrogens is 196 g/mol. The second kappa shape index (κ2) is 5.67. The van der Waals surface area contributed by atoms with E-state index in [0.717, 1.165) is 32.6 Å². The average Bonchev–Trinajstić information content (AvgIpc) is 2.43. The summed E-state index contributed by atoms with van der Waals surface area (Å²) in [5.41, 5.74) is 4.89. The molecule has 1 atom stereocenters. The van der Waals surface area contributed by atoms with Crippen LogP contribution in [0.15, 0.2) is 0 Å². The zero-order valence-electron chi connectivity index (χ0n) is 8.95. The molecule has 6 nitrogen and oxygen atoms in total. The van der Waals surface area contributed by atoms with Crippen LogP contribution in [0.2, 0.25) is 0 Å². The minimum atomic E-state index is -0.792. The number of carbonyl (C=O) groups is 2. The Bertz CT molecular complexity index is 236.